The first-order valence-electron chi connectivity index (χ1n) is 12.0. The Kier molecular flexibility index (Phi) is 12.2. The molecular weight excluding hydrogens is 486 g/mol. The molecule has 0 aliphatic heterocycles. The number of amides is 3. The molecule has 196 valence electrons. The van der Waals surface area contributed by atoms with Crippen molar-refractivity contribution in [2.75, 3.05) is 25.6 Å². The van der Waals surface area contributed by atoms with E-state index in [4.69, 9.17) is 4.74 Å². The molecule has 2 heterocycles. The Bertz CT molecular complexity index is 1250. The van der Waals surface area contributed by atoms with Crippen LogP contribution in [0, 0.1) is 0 Å². The SMILES string of the molecule is C=C.CCC/C=C(\C=C(/C)NC(=O)COC)c1cc(-c2ccccn2)c2sc(NC(=O)NCC)nc2c1. The first-order chi connectivity index (χ1) is 17.9. The van der Waals surface area contributed by atoms with Gasteiger partial charge in [-0.15, -0.1) is 13.2 Å². The standard InChI is InChI=1S/C26H31N5O3S.C2H4/c1-5-7-10-18(13-17(3)29-23(32)16-34-4)19-14-20(21-11-8-9-12-28-21)24-22(15-19)30-26(35-24)31-25(33)27-6-2;1-2/h8-15H,5-7,16H2,1-4H3,(H,29,32)(H2,27,30,31,33);1-2H2/b17-13+,18-10+;. The smallest absolute Gasteiger partial charge is 0.321 e. The third kappa shape index (κ3) is 8.66. The number of nitrogens with one attached hydrogen (secondary N) is 3. The van der Waals surface area contributed by atoms with E-state index in [0.717, 1.165) is 45.5 Å². The average Bonchev–Trinajstić information content (AvgIpc) is 3.30. The second-order valence-electron chi connectivity index (χ2n) is 7.85. The summed E-state index contributed by atoms with van der Waals surface area (Å²) in [7, 11) is 1.49. The zero-order valence-corrected chi connectivity index (χ0v) is 22.7. The first-order valence-corrected chi connectivity index (χ1v) is 12.8. The summed E-state index contributed by atoms with van der Waals surface area (Å²) in [4.78, 5) is 33.3. The van der Waals surface area contributed by atoms with Crippen molar-refractivity contribution in [3.8, 4) is 11.3 Å². The molecule has 9 heteroatoms. The van der Waals surface area contributed by atoms with Crippen LogP contribution in [0.1, 0.15) is 39.2 Å². The van der Waals surface area contributed by atoms with Gasteiger partial charge in [-0.05, 0) is 61.7 Å². The highest BCUT2D eigenvalue weighted by atomic mass is 32.1. The van der Waals surface area contributed by atoms with E-state index in [2.05, 4.69) is 58.1 Å². The number of carbonyl (C=O) groups excluding carboxylic acids is 2. The molecule has 0 unspecified atom stereocenters. The number of hydrogen-bond donors (Lipinski definition) is 3. The highest BCUT2D eigenvalue weighted by molar-refractivity contribution is 7.22. The van der Waals surface area contributed by atoms with Crippen LogP contribution in [0.2, 0.25) is 0 Å². The second-order valence-corrected chi connectivity index (χ2v) is 8.85. The fraction of sp³-hybridized carbons (Fsp3) is 0.286. The second kappa shape index (κ2) is 15.3. The van der Waals surface area contributed by atoms with Crippen LogP contribution in [-0.2, 0) is 9.53 Å². The number of carbonyl (C=O) groups is 2. The van der Waals surface area contributed by atoms with Crippen molar-refractivity contribution in [2.24, 2.45) is 0 Å². The normalized spacial score (nSPS) is 11.5. The molecule has 3 rings (SSSR count). The van der Waals surface area contributed by atoms with Gasteiger partial charge < -0.3 is 15.4 Å². The number of hydrogen-bond acceptors (Lipinski definition) is 6. The minimum absolute atomic E-state index is 0.00478. The lowest BCUT2D eigenvalue weighted by molar-refractivity contribution is -0.123. The van der Waals surface area contributed by atoms with Crippen LogP contribution >= 0.6 is 11.3 Å². The summed E-state index contributed by atoms with van der Waals surface area (Å²) >= 11 is 1.41. The van der Waals surface area contributed by atoms with Gasteiger partial charge in [0.2, 0.25) is 5.91 Å². The highest BCUT2D eigenvalue weighted by Crippen LogP contribution is 2.37. The molecule has 37 heavy (non-hydrogen) atoms. The van der Waals surface area contributed by atoms with Crippen LogP contribution in [0.4, 0.5) is 9.93 Å². The Morgan fingerprint density at radius 1 is 1.19 bits per heavy atom. The molecule has 8 nitrogen and oxygen atoms in total. The highest BCUT2D eigenvalue weighted by Gasteiger charge is 2.15. The van der Waals surface area contributed by atoms with Crippen LogP contribution in [0.15, 0.2) is 67.5 Å². The molecule has 2 aromatic heterocycles. The number of anilines is 1. The maximum atomic E-state index is 12.1. The lowest BCUT2D eigenvalue weighted by Crippen LogP contribution is -2.28. The van der Waals surface area contributed by atoms with Gasteiger partial charge in [0.25, 0.3) is 0 Å². The van der Waals surface area contributed by atoms with Gasteiger partial charge in [-0.1, -0.05) is 36.8 Å². The molecule has 0 saturated heterocycles. The fourth-order valence-electron chi connectivity index (χ4n) is 3.48. The molecule has 0 bridgehead atoms. The molecule has 0 atom stereocenters. The van der Waals surface area contributed by atoms with E-state index < -0.39 is 0 Å². The maximum absolute atomic E-state index is 12.1. The van der Waals surface area contributed by atoms with Gasteiger partial charge in [0, 0.05) is 31.1 Å². The van der Waals surface area contributed by atoms with Gasteiger partial charge in [-0.2, -0.15) is 0 Å². The number of unbranched alkanes of at least 4 members (excludes halogenated alkanes) is 1. The Morgan fingerprint density at radius 2 is 1.97 bits per heavy atom. The number of pyridine rings is 1. The number of benzene rings is 1. The van der Waals surface area contributed by atoms with E-state index in [1.807, 2.05) is 44.2 Å². The number of aromatic nitrogens is 2. The van der Waals surface area contributed by atoms with E-state index in [0.29, 0.717) is 17.4 Å². The number of thiazole rings is 1. The summed E-state index contributed by atoms with van der Waals surface area (Å²) in [6, 6.07) is 9.57. The molecular formula is C28H35N5O3S. The Balaban J connectivity index is 0.00000235. The monoisotopic (exact) mass is 521 g/mol. The van der Waals surface area contributed by atoms with E-state index in [9.17, 15) is 9.59 Å². The molecule has 3 amide bonds. The number of ether oxygens (including phenoxy) is 1. The molecule has 0 saturated carbocycles. The number of rotatable bonds is 10. The van der Waals surface area contributed by atoms with Crippen molar-refractivity contribution in [3.63, 3.8) is 0 Å². The summed E-state index contributed by atoms with van der Waals surface area (Å²) in [6.07, 6.45) is 7.72. The lowest BCUT2D eigenvalue weighted by Gasteiger charge is -2.10. The predicted molar refractivity (Wildman–Crippen MR) is 153 cm³/mol. The Hall–Kier alpha value is -3.82. The van der Waals surface area contributed by atoms with E-state index in [1.54, 1.807) is 6.20 Å². The molecule has 0 spiro atoms. The number of nitrogens with zero attached hydrogens (tertiary/aromatic N) is 2. The van der Waals surface area contributed by atoms with Crippen LogP contribution in [0.5, 0.6) is 0 Å². The van der Waals surface area contributed by atoms with Gasteiger partial charge >= 0.3 is 6.03 Å². The molecule has 3 N–H and O–H groups in total. The summed E-state index contributed by atoms with van der Waals surface area (Å²) < 4.78 is 5.85. The maximum Gasteiger partial charge on any atom is 0.321 e. The van der Waals surface area contributed by atoms with Crippen LogP contribution in [-0.4, -0.2) is 42.2 Å². The van der Waals surface area contributed by atoms with Gasteiger partial charge in [0.1, 0.15) is 6.61 Å². The third-order valence-electron chi connectivity index (χ3n) is 4.96. The molecule has 1 aromatic carbocycles. The lowest BCUT2D eigenvalue weighted by atomic mass is 9.98. The summed E-state index contributed by atoms with van der Waals surface area (Å²) in [5.41, 5.74) is 5.13. The van der Waals surface area contributed by atoms with E-state index in [1.165, 1.54) is 18.4 Å². The van der Waals surface area contributed by atoms with Gasteiger partial charge in [-0.3, -0.25) is 15.1 Å². The quantitative estimate of drug-likeness (QED) is 0.219. The zero-order chi connectivity index (χ0) is 27.2. The van der Waals surface area contributed by atoms with Crippen LogP contribution in [0.25, 0.3) is 27.0 Å². The minimum Gasteiger partial charge on any atom is -0.375 e. The fourth-order valence-corrected chi connectivity index (χ4v) is 4.45. The summed E-state index contributed by atoms with van der Waals surface area (Å²) in [5.74, 6) is -0.207. The Morgan fingerprint density at radius 3 is 2.62 bits per heavy atom. The van der Waals surface area contributed by atoms with Gasteiger partial charge in [-0.25, -0.2) is 9.78 Å². The molecule has 0 aliphatic carbocycles. The number of allylic oxidation sites excluding steroid dienone is 4. The Labute approximate surface area is 222 Å². The topological polar surface area (TPSA) is 105 Å². The predicted octanol–water partition coefficient (Wildman–Crippen LogP) is 6.15. The molecule has 0 aliphatic rings. The summed E-state index contributed by atoms with van der Waals surface area (Å²) in [6.45, 7) is 12.4. The van der Waals surface area contributed by atoms with Crippen molar-refractivity contribution >= 4 is 44.2 Å². The van der Waals surface area contributed by atoms with Gasteiger partial charge in [0.15, 0.2) is 5.13 Å². The summed E-state index contributed by atoms with van der Waals surface area (Å²) in [5, 5.41) is 8.90. The van der Waals surface area contributed by atoms with E-state index >= 15 is 0 Å². The minimum atomic E-state index is -0.292. The van der Waals surface area contributed by atoms with Crippen molar-refractivity contribution in [2.45, 2.75) is 33.6 Å². The molecule has 3 aromatic rings. The number of methoxy groups -OCH3 is 1. The largest absolute Gasteiger partial charge is 0.375 e. The average molecular weight is 522 g/mol. The van der Waals surface area contributed by atoms with Crippen LogP contribution < -0.4 is 16.0 Å². The van der Waals surface area contributed by atoms with Gasteiger partial charge in [0.05, 0.1) is 15.9 Å². The number of fused-ring (bicyclic) bond motifs is 1. The van der Waals surface area contributed by atoms with Crippen LogP contribution in [0.3, 0.4) is 0 Å². The zero-order valence-electron chi connectivity index (χ0n) is 21.9. The third-order valence-corrected chi connectivity index (χ3v) is 5.98. The van der Waals surface area contributed by atoms with Crippen molar-refractivity contribution in [1.29, 1.82) is 0 Å². The van der Waals surface area contributed by atoms with E-state index in [-0.39, 0.29) is 18.5 Å². The van der Waals surface area contributed by atoms with Crippen molar-refractivity contribution in [3.05, 3.63) is 73.1 Å². The van der Waals surface area contributed by atoms with Crippen molar-refractivity contribution in [1.82, 2.24) is 20.6 Å². The van der Waals surface area contributed by atoms with Crippen molar-refractivity contribution < 1.29 is 14.3 Å². The first kappa shape index (κ1) is 29.4. The molecule has 0 radical (unpaired) electrons. The number of urea groups is 1. The molecule has 0 fully saturated rings.